The number of anilines is 1. The molecule has 1 saturated heterocycles. The number of carbonyl (C=O) groups excluding carboxylic acids is 1. The maximum atomic E-state index is 13.4. The molecule has 4 rings (SSSR count). The molecule has 0 unspecified atom stereocenters. The molecule has 0 spiro atoms. The summed E-state index contributed by atoms with van der Waals surface area (Å²) in [7, 11) is 0. The predicted octanol–water partition coefficient (Wildman–Crippen LogP) is 6.78. The number of carbonyl (C=O) groups is 1. The topological polar surface area (TPSA) is 45.7 Å². The van der Waals surface area contributed by atoms with Crippen molar-refractivity contribution in [1.29, 1.82) is 0 Å². The van der Waals surface area contributed by atoms with Crippen molar-refractivity contribution < 1.29 is 35.9 Å². The number of hydrogen-bond acceptors (Lipinski definition) is 5. The molecule has 2 aromatic carbocycles. The van der Waals surface area contributed by atoms with E-state index in [2.05, 4.69) is 9.88 Å². The molecule has 2 heterocycles. The van der Waals surface area contributed by atoms with Crippen molar-refractivity contribution in [3.05, 3.63) is 58.1 Å². The first-order valence-corrected chi connectivity index (χ1v) is 12.1. The Kier molecular flexibility index (Phi) is 9.33. The number of morpholine rings is 1. The molecule has 1 amide bonds. The number of amides is 1. The second-order valence-electron chi connectivity index (χ2n) is 8.14. The maximum Gasteiger partial charge on any atom is 0.416 e. The summed E-state index contributed by atoms with van der Waals surface area (Å²) in [5, 5.41) is 0.449. The van der Waals surface area contributed by atoms with E-state index >= 15 is 0 Å². The Balaban J connectivity index is 0.00000380. The molecule has 0 N–H and O–H groups in total. The van der Waals surface area contributed by atoms with Crippen LogP contribution in [0.15, 0.2) is 36.4 Å². The molecule has 1 aromatic heterocycles. The minimum atomic E-state index is -5.07. The van der Waals surface area contributed by atoms with Gasteiger partial charge in [-0.2, -0.15) is 26.3 Å². The highest BCUT2D eigenvalue weighted by molar-refractivity contribution is 7.22. The van der Waals surface area contributed by atoms with Crippen LogP contribution >= 0.6 is 35.3 Å². The van der Waals surface area contributed by atoms with E-state index in [-0.39, 0.29) is 30.1 Å². The lowest BCUT2D eigenvalue weighted by atomic mass is 10.0. The first-order chi connectivity index (χ1) is 16.9. The molecule has 0 saturated carbocycles. The summed E-state index contributed by atoms with van der Waals surface area (Å²) in [6.45, 7) is 3.09. The lowest BCUT2D eigenvalue weighted by Crippen LogP contribution is -2.39. The van der Waals surface area contributed by atoms with Gasteiger partial charge in [0.05, 0.1) is 34.1 Å². The van der Waals surface area contributed by atoms with Gasteiger partial charge in [-0.05, 0) is 36.8 Å². The van der Waals surface area contributed by atoms with E-state index in [1.54, 1.807) is 18.2 Å². The Labute approximate surface area is 223 Å². The van der Waals surface area contributed by atoms with Gasteiger partial charge in [0.15, 0.2) is 5.13 Å². The quantitative estimate of drug-likeness (QED) is 0.298. The number of para-hydroxylation sites is 1. The van der Waals surface area contributed by atoms with Gasteiger partial charge in [0.1, 0.15) is 5.52 Å². The summed E-state index contributed by atoms with van der Waals surface area (Å²) in [6.07, 6.45) is -9.72. The number of nitrogens with zero attached hydrogens (tertiary/aromatic N) is 3. The first kappa shape index (κ1) is 29.4. The Morgan fingerprint density at radius 2 is 1.68 bits per heavy atom. The molecule has 0 radical (unpaired) electrons. The SMILES string of the molecule is Cl.O=C(c1cc(C(F)(F)F)cc(C(F)(F)F)c1)N(CCCN1CCOCC1)c1nc2c(Cl)cccc2s1. The molecule has 0 atom stereocenters. The van der Waals surface area contributed by atoms with Gasteiger partial charge in [-0.25, -0.2) is 4.98 Å². The van der Waals surface area contributed by atoms with Gasteiger partial charge in [0.2, 0.25) is 0 Å². The van der Waals surface area contributed by atoms with Gasteiger partial charge in [-0.15, -0.1) is 12.4 Å². The van der Waals surface area contributed by atoms with E-state index in [1.165, 1.54) is 0 Å². The van der Waals surface area contributed by atoms with Gasteiger partial charge >= 0.3 is 12.4 Å². The average Bonchev–Trinajstić information content (AvgIpc) is 3.26. The monoisotopic (exact) mass is 587 g/mol. The fourth-order valence-electron chi connectivity index (χ4n) is 3.81. The summed E-state index contributed by atoms with van der Waals surface area (Å²) >= 11 is 7.27. The molecule has 14 heteroatoms. The zero-order valence-electron chi connectivity index (χ0n) is 19.0. The predicted molar refractivity (Wildman–Crippen MR) is 132 cm³/mol. The van der Waals surface area contributed by atoms with E-state index in [4.69, 9.17) is 16.3 Å². The van der Waals surface area contributed by atoms with Crippen LogP contribution in [0.3, 0.4) is 0 Å². The molecule has 202 valence electrons. The van der Waals surface area contributed by atoms with Crippen LogP contribution in [0.2, 0.25) is 5.02 Å². The van der Waals surface area contributed by atoms with E-state index in [0.717, 1.165) is 16.2 Å². The van der Waals surface area contributed by atoms with Crippen LogP contribution in [0, 0.1) is 0 Å². The van der Waals surface area contributed by atoms with Crippen molar-refractivity contribution in [3.8, 4) is 0 Å². The van der Waals surface area contributed by atoms with Crippen molar-refractivity contribution in [2.24, 2.45) is 0 Å². The minimum Gasteiger partial charge on any atom is -0.379 e. The number of thiazole rings is 1. The van der Waals surface area contributed by atoms with Crippen molar-refractivity contribution in [2.45, 2.75) is 18.8 Å². The number of hydrogen-bond donors (Lipinski definition) is 0. The minimum absolute atomic E-state index is 0. The zero-order valence-corrected chi connectivity index (χ0v) is 21.4. The zero-order chi connectivity index (χ0) is 26.1. The van der Waals surface area contributed by atoms with E-state index < -0.39 is 35.0 Å². The standard InChI is InChI=1S/C23H20ClF6N3O2S.ClH/c24-17-3-1-4-18-19(17)31-21(36-18)33(6-2-5-32-7-9-35-10-8-32)20(34)14-11-15(22(25,26)27)13-16(12-14)23(28,29)30;/h1,3-4,11-13H,2,5-10H2;1H. The van der Waals surface area contributed by atoms with Crippen LogP contribution < -0.4 is 4.90 Å². The summed E-state index contributed by atoms with van der Waals surface area (Å²) in [4.78, 5) is 21.0. The third-order valence-electron chi connectivity index (χ3n) is 5.63. The number of fused-ring (bicyclic) bond motifs is 1. The molecule has 0 aliphatic carbocycles. The normalized spacial score (nSPS) is 15.0. The van der Waals surface area contributed by atoms with Gasteiger partial charge in [0.25, 0.3) is 5.91 Å². The second-order valence-corrected chi connectivity index (χ2v) is 9.56. The van der Waals surface area contributed by atoms with Crippen molar-refractivity contribution in [3.63, 3.8) is 0 Å². The molecule has 5 nitrogen and oxygen atoms in total. The van der Waals surface area contributed by atoms with Gasteiger partial charge in [-0.1, -0.05) is 29.0 Å². The van der Waals surface area contributed by atoms with Crippen molar-refractivity contribution >= 4 is 56.6 Å². The third-order valence-corrected chi connectivity index (χ3v) is 6.98. The molecule has 1 fully saturated rings. The number of alkyl halides is 6. The summed E-state index contributed by atoms with van der Waals surface area (Å²) in [5.41, 5.74) is -3.44. The Hall–Kier alpha value is -2.12. The van der Waals surface area contributed by atoms with E-state index in [9.17, 15) is 31.1 Å². The number of aromatic nitrogens is 1. The lowest BCUT2D eigenvalue weighted by molar-refractivity contribution is -0.143. The van der Waals surface area contributed by atoms with Crippen LogP contribution in [0.5, 0.6) is 0 Å². The molecule has 0 bridgehead atoms. The highest BCUT2D eigenvalue weighted by atomic mass is 35.5. The molecular weight excluding hydrogens is 567 g/mol. The molecule has 1 aliphatic heterocycles. The van der Waals surface area contributed by atoms with E-state index in [0.29, 0.717) is 66.6 Å². The van der Waals surface area contributed by atoms with Crippen molar-refractivity contribution in [2.75, 3.05) is 44.3 Å². The molecule has 3 aromatic rings. The van der Waals surface area contributed by atoms with Gasteiger partial charge < -0.3 is 4.74 Å². The average molecular weight is 588 g/mol. The second kappa shape index (κ2) is 11.7. The van der Waals surface area contributed by atoms with Crippen LogP contribution in [0.4, 0.5) is 31.5 Å². The molecule has 1 aliphatic rings. The van der Waals surface area contributed by atoms with Crippen LogP contribution in [0.1, 0.15) is 27.9 Å². The molecule has 37 heavy (non-hydrogen) atoms. The number of ether oxygens (including phenoxy) is 1. The number of rotatable bonds is 6. The van der Waals surface area contributed by atoms with Crippen LogP contribution in [0.25, 0.3) is 10.2 Å². The summed E-state index contributed by atoms with van der Waals surface area (Å²) < 4.78 is 86.2. The van der Waals surface area contributed by atoms with Gasteiger partial charge in [-0.3, -0.25) is 14.6 Å². The van der Waals surface area contributed by atoms with Crippen molar-refractivity contribution in [1.82, 2.24) is 9.88 Å². The van der Waals surface area contributed by atoms with Crippen LogP contribution in [-0.4, -0.2) is 55.2 Å². The first-order valence-electron chi connectivity index (χ1n) is 10.9. The highest BCUT2D eigenvalue weighted by Crippen LogP contribution is 2.38. The summed E-state index contributed by atoms with van der Waals surface area (Å²) in [5.74, 6) is -1.01. The number of benzene rings is 2. The van der Waals surface area contributed by atoms with Gasteiger partial charge in [0, 0.05) is 31.7 Å². The fraction of sp³-hybridized carbons (Fsp3) is 0.391. The highest BCUT2D eigenvalue weighted by Gasteiger charge is 2.38. The molecular formula is C23H21Cl2F6N3O2S. The van der Waals surface area contributed by atoms with Crippen LogP contribution in [-0.2, 0) is 17.1 Å². The van der Waals surface area contributed by atoms with E-state index in [1.807, 2.05) is 0 Å². The third kappa shape index (κ3) is 7.05. The summed E-state index contributed by atoms with van der Waals surface area (Å²) in [6, 6.07) is 5.86. The maximum absolute atomic E-state index is 13.4. The Morgan fingerprint density at radius 1 is 1.05 bits per heavy atom. The number of halogens is 8. The largest absolute Gasteiger partial charge is 0.416 e. The smallest absolute Gasteiger partial charge is 0.379 e. The Morgan fingerprint density at radius 3 is 2.24 bits per heavy atom. The lowest BCUT2D eigenvalue weighted by Gasteiger charge is -2.28. The fourth-order valence-corrected chi connectivity index (χ4v) is 5.10. The Bertz CT molecular complexity index is 1210.